The molecule has 0 aromatic heterocycles. The van der Waals surface area contributed by atoms with Gasteiger partial charge in [0.05, 0.1) is 19.3 Å². The molecule has 0 bridgehead atoms. The van der Waals surface area contributed by atoms with Gasteiger partial charge < -0.3 is 18.3 Å². The van der Waals surface area contributed by atoms with Crippen LogP contribution in [-0.2, 0) is 32.7 Å². The highest BCUT2D eigenvalue weighted by atomic mass is 28.4. The zero-order valence-electron chi connectivity index (χ0n) is 29.7. The third-order valence-corrected chi connectivity index (χ3v) is 19.5. The number of hydrogen-bond acceptors (Lipinski definition) is 7. The van der Waals surface area contributed by atoms with E-state index in [9.17, 15) is 14.4 Å². The summed E-state index contributed by atoms with van der Waals surface area (Å²) in [6.07, 6.45) is 11.1. The maximum Gasteiger partial charge on any atom is 0.317 e. The molecule has 0 aliphatic heterocycles. The van der Waals surface area contributed by atoms with Crippen molar-refractivity contribution in [2.24, 2.45) is 17.8 Å². The minimum Gasteiger partial charge on any atom is -0.469 e. The van der Waals surface area contributed by atoms with Gasteiger partial charge in [0.15, 0.2) is 16.6 Å². The van der Waals surface area contributed by atoms with Crippen LogP contribution in [0.15, 0.2) is 24.3 Å². The van der Waals surface area contributed by atoms with Crippen LogP contribution in [-0.4, -0.2) is 60.3 Å². The van der Waals surface area contributed by atoms with Crippen molar-refractivity contribution in [2.45, 2.75) is 148 Å². The molecule has 0 saturated heterocycles. The zero-order valence-corrected chi connectivity index (χ0v) is 31.7. The fourth-order valence-corrected chi connectivity index (χ4v) is 8.16. The second-order valence-corrected chi connectivity index (χ2v) is 25.6. The van der Waals surface area contributed by atoms with Crippen LogP contribution in [0.3, 0.4) is 0 Å². The van der Waals surface area contributed by atoms with E-state index >= 15 is 0 Å². The third kappa shape index (κ3) is 10.8. The summed E-state index contributed by atoms with van der Waals surface area (Å²) in [6.45, 7) is 26.4. The fourth-order valence-electron chi connectivity index (χ4n) is 5.50. The van der Waals surface area contributed by atoms with Gasteiger partial charge in [0.1, 0.15) is 18.3 Å². The maximum absolute atomic E-state index is 13.6. The summed E-state index contributed by atoms with van der Waals surface area (Å²) in [5.74, 6) is -1.76. The van der Waals surface area contributed by atoms with E-state index in [2.05, 4.69) is 86.5 Å². The number of carbonyl (C=O) groups excluding carboxylic acids is 3. The number of ketones is 1. The second kappa shape index (κ2) is 15.8. The number of hydrogen-bond donors (Lipinski definition) is 0. The lowest BCUT2D eigenvalue weighted by molar-refractivity contribution is -0.151. The summed E-state index contributed by atoms with van der Waals surface area (Å²) < 4.78 is 24.2. The van der Waals surface area contributed by atoms with Crippen LogP contribution in [0.1, 0.15) is 99.3 Å². The largest absolute Gasteiger partial charge is 0.469 e. The highest BCUT2D eigenvalue weighted by Crippen LogP contribution is 2.44. The minimum absolute atomic E-state index is 0.0354. The Morgan fingerprint density at radius 1 is 0.955 bits per heavy atom. The molecule has 9 heteroatoms. The molecule has 0 heterocycles. The zero-order chi connectivity index (χ0) is 33.5. The topological polar surface area (TPSA) is 88.1 Å². The minimum atomic E-state index is -2.23. The predicted molar refractivity (Wildman–Crippen MR) is 182 cm³/mol. The first kappa shape index (κ1) is 38.6. The van der Waals surface area contributed by atoms with Crippen LogP contribution in [0.4, 0.5) is 0 Å². The van der Waals surface area contributed by atoms with Crippen molar-refractivity contribution in [2.75, 3.05) is 13.7 Å². The molecule has 0 radical (unpaired) electrons. The Kier molecular flexibility index (Phi) is 13.9. The van der Waals surface area contributed by atoms with E-state index in [4.69, 9.17) is 18.3 Å². The average molecular weight is 651 g/mol. The normalized spacial score (nSPS) is 22.9. The maximum atomic E-state index is 13.6. The van der Waals surface area contributed by atoms with Crippen molar-refractivity contribution in [1.29, 1.82) is 0 Å². The quantitative estimate of drug-likeness (QED) is 0.0577. The molecule has 0 N–H and O–H groups in total. The standard InChI is InChI=1S/C35H62O7Si2/c1-25(17-13-16-20-31(37)39-8)24-40-33(38)32-27(30(23-28(32)36)42-44(11,12)35(5,6)7)21-22-29(26-18-14-15-19-26)41-43(9,10)34(2,3)4/h21-22,26-27,29-30,32H,1,13-20,23-24H2,2-12H3/b22-21+/t27-,29+,30+,32+/m0/s1. The predicted octanol–water partition coefficient (Wildman–Crippen LogP) is 8.55. The Balaban J connectivity index is 2.29. The molecule has 7 nitrogen and oxygen atoms in total. The van der Waals surface area contributed by atoms with Crippen molar-refractivity contribution in [1.82, 2.24) is 0 Å². The molecule has 2 aliphatic rings. The molecule has 252 valence electrons. The lowest BCUT2D eigenvalue weighted by Crippen LogP contribution is -2.46. The molecular weight excluding hydrogens is 589 g/mol. The average Bonchev–Trinajstić information content (AvgIpc) is 3.54. The molecule has 4 atom stereocenters. The van der Waals surface area contributed by atoms with E-state index in [1.54, 1.807) is 0 Å². The van der Waals surface area contributed by atoms with E-state index in [1.807, 2.05) is 0 Å². The molecule has 2 fully saturated rings. The lowest BCUT2D eigenvalue weighted by atomic mass is 9.91. The molecule has 44 heavy (non-hydrogen) atoms. The number of methoxy groups -OCH3 is 1. The molecule has 0 aromatic carbocycles. The highest BCUT2D eigenvalue weighted by molar-refractivity contribution is 6.74. The Bertz CT molecular complexity index is 1030. The Morgan fingerprint density at radius 2 is 1.52 bits per heavy atom. The highest BCUT2D eigenvalue weighted by Gasteiger charge is 2.50. The van der Waals surface area contributed by atoms with Gasteiger partial charge in [-0.1, -0.05) is 73.1 Å². The Labute approximate surface area is 270 Å². The van der Waals surface area contributed by atoms with Crippen molar-refractivity contribution in [3.63, 3.8) is 0 Å². The second-order valence-electron chi connectivity index (χ2n) is 16.1. The smallest absolute Gasteiger partial charge is 0.317 e. The first-order chi connectivity index (χ1) is 20.2. The first-order valence-electron chi connectivity index (χ1n) is 16.7. The van der Waals surface area contributed by atoms with E-state index in [-0.39, 0.29) is 47.1 Å². The third-order valence-electron chi connectivity index (χ3n) is 10.5. The van der Waals surface area contributed by atoms with Crippen LogP contribution in [0, 0.1) is 17.8 Å². The number of Topliss-reactive ketones (excluding diaryl/α,β-unsaturated/α-hetero) is 1. The van der Waals surface area contributed by atoms with Crippen molar-refractivity contribution in [3.8, 4) is 0 Å². The molecule has 2 saturated carbocycles. The van der Waals surface area contributed by atoms with Gasteiger partial charge in [-0.25, -0.2) is 0 Å². The summed E-state index contributed by atoms with van der Waals surface area (Å²) in [4.78, 5) is 38.4. The first-order valence-corrected chi connectivity index (χ1v) is 22.5. The van der Waals surface area contributed by atoms with E-state index in [0.717, 1.165) is 24.8 Å². The molecular formula is C35H62O7Si2. The van der Waals surface area contributed by atoms with Gasteiger partial charge in [-0.05, 0) is 79.9 Å². The number of unbranched alkanes of at least 4 members (excludes halogenated alkanes) is 1. The summed E-state index contributed by atoms with van der Waals surface area (Å²) in [6, 6.07) is 0. The van der Waals surface area contributed by atoms with Crippen LogP contribution < -0.4 is 0 Å². The van der Waals surface area contributed by atoms with Gasteiger partial charge in [0.25, 0.3) is 0 Å². The molecule has 0 spiro atoms. The summed E-state index contributed by atoms with van der Waals surface area (Å²) in [5.41, 5.74) is 0.763. The van der Waals surface area contributed by atoms with Gasteiger partial charge in [-0.2, -0.15) is 0 Å². The number of ether oxygens (including phenoxy) is 2. The van der Waals surface area contributed by atoms with Gasteiger partial charge in [0, 0.05) is 18.8 Å². The lowest BCUT2D eigenvalue weighted by Gasteiger charge is -2.41. The van der Waals surface area contributed by atoms with E-state index in [0.29, 0.717) is 25.2 Å². The van der Waals surface area contributed by atoms with Crippen molar-refractivity contribution >= 4 is 34.4 Å². The van der Waals surface area contributed by atoms with Crippen LogP contribution in [0.5, 0.6) is 0 Å². The molecule has 2 aliphatic carbocycles. The van der Waals surface area contributed by atoms with Crippen molar-refractivity contribution in [3.05, 3.63) is 24.3 Å². The number of carbonyl (C=O) groups is 3. The molecule has 0 aromatic rings. The van der Waals surface area contributed by atoms with Gasteiger partial charge in [-0.15, -0.1) is 0 Å². The van der Waals surface area contributed by atoms with Crippen LogP contribution >= 0.6 is 0 Å². The van der Waals surface area contributed by atoms with Gasteiger partial charge >= 0.3 is 11.9 Å². The number of rotatable bonds is 15. The SMILES string of the molecule is C=C(CCCCC(=O)OC)COC(=O)[C@H]1C(=O)C[C@@H](O[Si](C)(C)C(C)(C)C)[C@@H]1/C=C/[C@@H](O[Si](C)(C)C(C)(C)C)C1CCCC1. The van der Waals surface area contributed by atoms with Crippen LogP contribution in [0.25, 0.3) is 0 Å². The molecule has 0 unspecified atom stereocenters. The van der Waals surface area contributed by atoms with E-state index < -0.39 is 34.4 Å². The van der Waals surface area contributed by atoms with Gasteiger partial charge in [0.2, 0.25) is 0 Å². The fraction of sp³-hybridized carbons (Fsp3) is 0.800. The summed E-state index contributed by atoms with van der Waals surface area (Å²) in [5, 5.41) is 0.0371. The summed E-state index contributed by atoms with van der Waals surface area (Å²) >= 11 is 0. The Morgan fingerprint density at radius 3 is 2.07 bits per heavy atom. The molecule has 0 amide bonds. The summed E-state index contributed by atoms with van der Waals surface area (Å²) in [7, 11) is -2.91. The van der Waals surface area contributed by atoms with Crippen LogP contribution in [0.2, 0.25) is 36.3 Å². The van der Waals surface area contributed by atoms with Crippen molar-refractivity contribution < 1.29 is 32.7 Å². The Hall–Kier alpha value is -1.56. The van der Waals surface area contributed by atoms with E-state index in [1.165, 1.54) is 20.0 Å². The monoisotopic (exact) mass is 650 g/mol. The molecule has 2 rings (SSSR count). The number of esters is 2. The van der Waals surface area contributed by atoms with Gasteiger partial charge in [-0.3, -0.25) is 14.4 Å².